The Hall–Kier alpha value is -8.11. The van der Waals surface area contributed by atoms with Crippen LogP contribution < -0.4 is 9.30 Å². The number of hydrogen-bond donors (Lipinski definition) is 0. The van der Waals surface area contributed by atoms with Gasteiger partial charge in [-0.15, -0.1) is 29.7 Å². The molecular weight excluding hydrogens is 1080 g/mol. The standard InChI is InChI=1S/C68H52N4O.Pt/c1-67(2,3)47-32-29-44(30-33-47)46-31-35-55-53-21-10-11-22-54(53)58-26-16-28-62-66(58)71(65-52(45-17-8-7-9-18-45)24-15-25-59(65)60(55)39-46)43-70(62)49-19-14-20-50(41-49)73-51-34-36-57-56-23-12-13-27-61(56)72(63(57)42-51)64-40-48(37-38-69-64)68(4,5)6;/h7-40H,1-6H3;/q-2;/i7D,8D,9D,17D,18D;. The molecule has 0 spiro atoms. The van der Waals surface area contributed by atoms with Crippen LogP contribution in [0.1, 0.15) is 59.5 Å². The zero-order chi connectivity index (χ0) is 53.9. The van der Waals surface area contributed by atoms with E-state index in [1.54, 1.807) is 0 Å². The monoisotopic (exact) mass is 1140 g/mol. The van der Waals surface area contributed by atoms with Crippen molar-refractivity contribution in [2.45, 2.75) is 52.4 Å². The summed E-state index contributed by atoms with van der Waals surface area (Å²) >= 11 is 0. The van der Waals surface area contributed by atoms with E-state index in [9.17, 15) is 2.74 Å². The average Bonchev–Trinajstić information content (AvgIpc) is 4.08. The Morgan fingerprint density at radius 3 is 1.96 bits per heavy atom. The molecule has 0 atom stereocenters. The van der Waals surface area contributed by atoms with Crippen LogP contribution in [0, 0.1) is 18.5 Å². The van der Waals surface area contributed by atoms with E-state index in [0.717, 1.165) is 83.2 Å². The zero-order valence-electron chi connectivity index (χ0n) is 46.8. The number of nitrogens with zero attached hydrogens (tertiary/aromatic N) is 4. The molecule has 0 radical (unpaired) electrons. The van der Waals surface area contributed by atoms with E-state index in [-0.39, 0.29) is 49.5 Å². The summed E-state index contributed by atoms with van der Waals surface area (Å²) in [6, 6.07) is 63.4. The van der Waals surface area contributed by atoms with Crippen LogP contribution in [-0.4, -0.2) is 14.1 Å². The molecule has 9 aromatic carbocycles. The average molecular weight is 1140 g/mol. The Labute approximate surface area is 454 Å². The molecule has 74 heavy (non-hydrogen) atoms. The van der Waals surface area contributed by atoms with Crippen molar-refractivity contribution in [1.29, 1.82) is 0 Å². The Morgan fingerprint density at radius 2 is 1.16 bits per heavy atom. The smallest absolute Gasteiger partial charge is 0.268 e. The van der Waals surface area contributed by atoms with Gasteiger partial charge in [-0.25, -0.2) is 4.98 Å². The summed E-state index contributed by atoms with van der Waals surface area (Å²) in [4.78, 5) is 4.87. The van der Waals surface area contributed by atoms with Crippen molar-refractivity contribution in [3.05, 3.63) is 236 Å². The van der Waals surface area contributed by atoms with Gasteiger partial charge in [0.2, 0.25) is 0 Å². The molecule has 0 fully saturated rings. The van der Waals surface area contributed by atoms with Crippen LogP contribution in [-0.2, 0) is 31.9 Å². The zero-order valence-corrected chi connectivity index (χ0v) is 44.0. The minimum absolute atomic E-state index is 0. The predicted octanol–water partition coefficient (Wildman–Crippen LogP) is 16.8. The van der Waals surface area contributed by atoms with E-state index in [0.29, 0.717) is 28.4 Å². The molecular formula is C68H52N4OPt-2. The number of para-hydroxylation sites is 3. The predicted molar refractivity (Wildman–Crippen MR) is 298 cm³/mol. The molecule has 13 rings (SSSR count). The van der Waals surface area contributed by atoms with Crippen LogP contribution in [0.2, 0.25) is 0 Å². The molecule has 12 aromatic rings. The molecule has 1 aliphatic heterocycles. The molecule has 0 N–H and O–H groups in total. The first-order chi connectivity index (χ1) is 37.5. The van der Waals surface area contributed by atoms with Gasteiger partial charge in [0.25, 0.3) is 6.33 Å². The summed E-state index contributed by atoms with van der Waals surface area (Å²) in [6.07, 6.45) is 5.63. The van der Waals surface area contributed by atoms with Gasteiger partial charge in [0.1, 0.15) is 5.82 Å². The van der Waals surface area contributed by atoms with Crippen molar-refractivity contribution in [1.82, 2.24) is 14.1 Å². The Bertz CT molecular complexity index is 4420. The molecule has 3 aromatic heterocycles. The first-order valence-electron chi connectivity index (χ1n) is 27.2. The van der Waals surface area contributed by atoms with Crippen LogP contribution in [0.25, 0.3) is 106 Å². The van der Waals surface area contributed by atoms with E-state index >= 15 is 0 Å². The summed E-state index contributed by atoms with van der Waals surface area (Å²) in [6.45, 7) is 13.2. The number of ether oxygens (including phenoxy) is 1. The van der Waals surface area contributed by atoms with E-state index < -0.39 is 18.1 Å². The molecule has 5 nitrogen and oxygen atoms in total. The second-order valence-electron chi connectivity index (χ2n) is 20.9. The number of hydrogen-bond acceptors (Lipinski definition) is 2. The fraction of sp³-hybridized carbons (Fsp3) is 0.118. The SMILES string of the molecule is [2H]c1c([2H])c([2H])c(-c2cccc3c2-[n+]2[c-]n(-c4[c-]c(Oc5[c-]c6c(cc5)c5ccccc5n6-c5cc(C(C)(C)C)ccn5)ccc4)c4cccc(c42)-c2ccccc2-c2ccc(-c4ccc(C(C)(C)C)cc4)cc2-3)c([2H])c1[2H].[Pt]. The minimum atomic E-state index is -0.453. The number of fused-ring (bicyclic) bond motifs is 10. The maximum Gasteiger partial charge on any atom is 0.268 e. The third-order valence-corrected chi connectivity index (χ3v) is 14.2. The summed E-state index contributed by atoms with van der Waals surface area (Å²) < 4.78 is 57.9. The maximum atomic E-state index is 9.37. The summed E-state index contributed by atoms with van der Waals surface area (Å²) in [5.41, 5.74) is 15.2. The van der Waals surface area contributed by atoms with Crippen molar-refractivity contribution in [3.8, 4) is 84.3 Å². The van der Waals surface area contributed by atoms with Crippen molar-refractivity contribution in [2.24, 2.45) is 0 Å². The summed E-state index contributed by atoms with van der Waals surface area (Å²) in [5.74, 6) is 1.76. The summed E-state index contributed by atoms with van der Waals surface area (Å²) in [5, 5.41) is 2.11. The maximum absolute atomic E-state index is 9.37. The molecule has 0 unspecified atom stereocenters. The van der Waals surface area contributed by atoms with Crippen LogP contribution in [0.5, 0.6) is 11.5 Å². The molecule has 0 aliphatic carbocycles. The minimum Gasteiger partial charge on any atom is -0.510 e. The number of aromatic nitrogens is 4. The third-order valence-electron chi connectivity index (χ3n) is 14.2. The molecule has 6 heteroatoms. The number of benzene rings is 9. The van der Waals surface area contributed by atoms with Gasteiger partial charge >= 0.3 is 0 Å². The largest absolute Gasteiger partial charge is 0.510 e. The van der Waals surface area contributed by atoms with Crippen molar-refractivity contribution in [3.63, 3.8) is 0 Å². The number of imidazole rings is 1. The van der Waals surface area contributed by atoms with Crippen molar-refractivity contribution < 1.29 is 37.2 Å². The molecule has 1 aliphatic rings. The molecule has 362 valence electrons. The van der Waals surface area contributed by atoms with Gasteiger partial charge in [-0.1, -0.05) is 193 Å². The van der Waals surface area contributed by atoms with Crippen LogP contribution in [0.4, 0.5) is 0 Å². The second kappa shape index (κ2) is 18.1. The van der Waals surface area contributed by atoms with Gasteiger partial charge in [-0.3, -0.25) is 4.57 Å². The van der Waals surface area contributed by atoms with E-state index in [2.05, 4.69) is 180 Å². The second-order valence-corrected chi connectivity index (χ2v) is 20.9. The van der Waals surface area contributed by atoms with Gasteiger partial charge in [0.15, 0.2) is 0 Å². The van der Waals surface area contributed by atoms with Gasteiger partial charge < -0.3 is 13.9 Å². The fourth-order valence-corrected chi connectivity index (χ4v) is 10.5. The third kappa shape index (κ3) is 7.98. The van der Waals surface area contributed by atoms with E-state index in [1.165, 1.54) is 11.1 Å². The molecule has 0 saturated heterocycles. The number of rotatable bonds is 6. The first-order valence-corrected chi connectivity index (χ1v) is 24.7. The molecule has 0 bridgehead atoms. The number of pyridine rings is 1. The van der Waals surface area contributed by atoms with Crippen molar-refractivity contribution >= 4 is 32.8 Å². The van der Waals surface area contributed by atoms with Crippen molar-refractivity contribution in [2.75, 3.05) is 0 Å². The fourth-order valence-electron chi connectivity index (χ4n) is 10.5. The Morgan fingerprint density at radius 1 is 0.514 bits per heavy atom. The Kier molecular flexibility index (Phi) is 10.1. The normalized spacial score (nSPS) is 13.0. The molecule has 4 heterocycles. The van der Waals surface area contributed by atoms with Crippen LogP contribution in [0.15, 0.2) is 206 Å². The molecule has 0 amide bonds. The van der Waals surface area contributed by atoms with Gasteiger partial charge in [-0.05, 0) is 113 Å². The quantitative estimate of drug-likeness (QED) is 0.123. The molecule has 0 saturated carbocycles. The topological polar surface area (TPSA) is 35.9 Å². The van der Waals surface area contributed by atoms with Gasteiger partial charge in [0, 0.05) is 44.3 Å². The summed E-state index contributed by atoms with van der Waals surface area (Å²) in [7, 11) is 0. The van der Waals surface area contributed by atoms with Crippen LogP contribution in [0.3, 0.4) is 0 Å². The first kappa shape index (κ1) is 41.4. The van der Waals surface area contributed by atoms with Gasteiger partial charge in [-0.2, -0.15) is 18.2 Å². The van der Waals surface area contributed by atoms with Gasteiger partial charge in [0.05, 0.1) is 23.6 Å². The van der Waals surface area contributed by atoms with Crippen LogP contribution >= 0.6 is 0 Å². The van der Waals surface area contributed by atoms with E-state index in [1.807, 2.05) is 69.9 Å². The Balaban J connectivity index is 0.00000623. The van der Waals surface area contributed by atoms with E-state index in [4.69, 9.17) is 13.8 Å².